The Bertz CT molecular complexity index is 1050. The molecule has 0 saturated carbocycles. The summed E-state index contributed by atoms with van der Waals surface area (Å²) < 4.78 is 11.2. The number of hydrogen-bond acceptors (Lipinski definition) is 7. The van der Waals surface area contributed by atoms with Crippen LogP contribution < -0.4 is 9.47 Å². The SMILES string of the molecule is CCOc1ccc(/C(O)=C2/C(=O)C(=O)N(CCN(C)C)C2c2ccc(O)cc2)c(OCC)c1. The normalized spacial score (nSPS) is 17.6. The summed E-state index contributed by atoms with van der Waals surface area (Å²) in [6.07, 6.45) is 0. The quantitative estimate of drug-likeness (QED) is 0.341. The molecule has 2 aromatic rings. The van der Waals surface area contributed by atoms with Gasteiger partial charge in [0.15, 0.2) is 0 Å². The van der Waals surface area contributed by atoms with Crippen molar-refractivity contribution in [1.29, 1.82) is 0 Å². The minimum absolute atomic E-state index is 0.0189. The van der Waals surface area contributed by atoms with Crippen LogP contribution in [0.1, 0.15) is 31.0 Å². The Labute approximate surface area is 193 Å². The van der Waals surface area contributed by atoms with Crippen LogP contribution in [-0.2, 0) is 9.59 Å². The number of Topliss-reactive ketones (excluding diaryl/α,β-unsaturated/α-hetero) is 1. The maximum absolute atomic E-state index is 13.1. The number of aliphatic hydroxyl groups is 1. The van der Waals surface area contributed by atoms with E-state index in [4.69, 9.17) is 9.47 Å². The predicted molar refractivity (Wildman–Crippen MR) is 124 cm³/mol. The summed E-state index contributed by atoms with van der Waals surface area (Å²) in [5.74, 6) is -0.774. The van der Waals surface area contributed by atoms with Crippen molar-refractivity contribution in [3.63, 3.8) is 0 Å². The van der Waals surface area contributed by atoms with Crippen LogP contribution in [0.4, 0.5) is 0 Å². The van der Waals surface area contributed by atoms with E-state index in [2.05, 4.69) is 0 Å². The van der Waals surface area contributed by atoms with Crippen LogP contribution in [-0.4, -0.2) is 72.1 Å². The average Bonchev–Trinajstić information content (AvgIpc) is 3.03. The number of nitrogens with zero attached hydrogens (tertiary/aromatic N) is 2. The first-order valence-electron chi connectivity index (χ1n) is 10.9. The molecule has 1 aliphatic rings. The summed E-state index contributed by atoms with van der Waals surface area (Å²) in [5, 5.41) is 21.0. The number of likely N-dealkylation sites (N-methyl/N-ethyl adjacent to an activating group) is 1. The fraction of sp³-hybridized carbons (Fsp3) is 0.360. The van der Waals surface area contributed by atoms with E-state index in [0.29, 0.717) is 48.9 Å². The number of amides is 1. The van der Waals surface area contributed by atoms with Crippen LogP contribution in [0.5, 0.6) is 17.2 Å². The fourth-order valence-electron chi connectivity index (χ4n) is 3.80. The van der Waals surface area contributed by atoms with Crippen LogP contribution in [0, 0.1) is 0 Å². The van der Waals surface area contributed by atoms with Gasteiger partial charge >= 0.3 is 0 Å². The third-order valence-corrected chi connectivity index (χ3v) is 5.36. The van der Waals surface area contributed by atoms with E-state index in [1.165, 1.54) is 17.0 Å². The zero-order valence-electron chi connectivity index (χ0n) is 19.4. The molecule has 8 heteroatoms. The molecule has 1 fully saturated rings. The van der Waals surface area contributed by atoms with Crippen molar-refractivity contribution in [3.8, 4) is 17.2 Å². The van der Waals surface area contributed by atoms with Gasteiger partial charge in [-0.25, -0.2) is 0 Å². The highest BCUT2D eigenvalue weighted by molar-refractivity contribution is 6.46. The summed E-state index contributed by atoms with van der Waals surface area (Å²) in [6.45, 7) is 5.31. The van der Waals surface area contributed by atoms with Gasteiger partial charge in [0, 0.05) is 19.2 Å². The van der Waals surface area contributed by atoms with Gasteiger partial charge in [-0.05, 0) is 57.8 Å². The second-order valence-electron chi connectivity index (χ2n) is 7.91. The summed E-state index contributed by atoms with van der Waals surface area (Å²) >= 11 is 0. The van der Waals surface area contributed by atoms with E-state index in [1.807, 2.05) is 32.8 Å². The Hall–Kier alpha value is -3.52. The number of hydrogen-bond donors (Lipinski definition) is 2. The first kappa shape index (κ1) is 24.1. The van der Waals surface area contributed by atoms with Gasteiger partial charge in [-0.2, -0.15) is 0 Å². The fourth-order valence-corrected chi connectivity index (χ4v) is 3.80. The molecule has 0 aliphatic carbocycles. The van der Waals surface area contributed by atoms with Crippen LogP contribution in [0.25, 0.3) is 5.76 Å². The molecule has 8 nitrogen and oxygen atoms in total. The predicted octanol–water partition coefficient (Wildman–Crippen LogP) is 3.17. The topological polar surface area (TPSA) is 99.5 Å². The molecule has 0 spiro atoms. The third kappa shape index (κ3) is 5.12. The monoisotopic (exact) mass is 454 g/mol. The molecular weight excluding hydrogens is 424 g/mol. The van der Waals surface area contributed by atoms with E-state index in [9.17, 15) is 19.8 Å². The molecule has 1 atom stereocenters. The number of carbonyl (C=O) groups is 2. The summed E-state index contributed by atoms with van der Waals surface area (Å²) in [5.41, 5.74) is 0.889. The van der Waals surface area contributed by atoms with Gasteiger partial charge in [0.1, 0.15) is 23.0 Å². The van der Waals surface area contributed by atoms with E-state index >= 15 is 0 Å². The van der Waals surface area contributed by atoms with Crippen molar-refractivity contribution in [2.75, 3.05) is 40.4 Å². The Morgan fingerprint density at radius 1 is 1.03 bits per heavy atom. The van der Waals surface area contributed by atoms with Gasteiger partial charge in [-0.15, -0.1) is 0 Å². The van der Waals surface area contributed by atoms with E-state index in [-0.39, 0.29) is 17.1 Å². The lowest BCUT2D eigenvalue weighted by Gasteiger charge is -2.26. The van der Waals surface area contributed by atoms with Crippen molar-refractivity contribution in [1.82, 2.24) is 9.80 Å². The summed E-state index contributed by atoms with van der Waals surface area (Å²) in [7, 11) is 3.75. The number of phenolic OH excluding ortho intramolecular Hbond substituents is 1. The maximum Gasteiger partial charge on any atom is 0.295 e. The van der Waals surface area contributed by atoms with Crippen molar-refractivity contribution in [3.05, 3.63) is 59.2 Å². The minimum Gasteiger partial charge on any atom is -0.508 e. The van der Waals surface area contributed by atoms with Gasteiger partial charge in [0.25, 0.3) is 11.7 Å². The molecule has 1 aliphatic heterocycles. The molecule has 1 heterocycles. The Kier molecular flexibility index (Phi) is 7.60. The number of ketones is 1. The molecular formula is C25H30N2O6. The van der Waals surface area contributed by atoms with E-state index in [0.717, 1.165) is 0 Å². The molecule has 0 aromatic heterocycles. The Balaban J connectivity index is 2.17. The molecule has 0 radical (unpaired) electrons. The average molecular weight is 455 g/mol. The third-order valence-electron chi connectivity index (χ3n) is 5.36. The zero-order chi connectivity index (χ0) is 24.1. The summed E-state index contributed by atoms with van der Waals surface area (Å²) in [6, 6.07) is 10.4. The van der Waals surface area contributed by atoms with E-state index in [1.54, 1.807) is 30.3 Å². The minimum atomic E-state index is -0.799. The van der Waals surface area contributed by atoms with Gasteiger partial charge in [-0.1, -0.05) is 12.1 Å². The number of ether oxygens (including phenoxy) is 2. The van der Waals surface area contributed by atoms with Crippen LogP contribution >= 0.6 is 0 Å². The lowest BCUT2D eigenvalue weighted by molar-refractivity contribution is -0.140. The zero-order valence-corrected chi connectivity index (χ0v) is 19.4. The molecule has 3 rings (SSSR count). The molecule has 2 aromatic carbocycles. The molecule has 176 valence electrons. The van der Waals surface area contributed by atoms with Gasteiger partial charge in [0.2, 0.25) is 0 Å². The van der Waals surface area contributed by atoms with Crippen molar-refractivity contribution in [2.45, 2.75) is 19.9 Å². The number of aromatic hydroxyl groups is 1. The molecule has 33 heavy (non-hydrogen) atoms. The smallest absolute Gasteiger partial charge is 0.295 e. The largest absolute Gasteiger partial charge is 0.508 e. The Morgan fingerprint density at radius 3 is 2.30 bits per heavy atom. The second kappa shape index (κ2) is 10.4. The standard InChI is InChI=1S/C25H30N2O6/c1-5-32-18-11-12-19(20(15-18)33-6-2)23(29)21-22(16-7-9-17(28)10-8-16)27(14-13-26(3)4)25(31)24(21)30/h7-12,15,22,28-29H,5-6,13-14H2,1-4H3/b23-21-. The first-order chi connectivity index (χ1) is 15.8. The molecule has 1 amide bonds. The van der Waals surface area contributed by atoms with Crippen LogP contribution in [0.2, 0.25) is 0 Å². The highest BCUT2D eigenvalue weighted by atomic mass is 16.5. The Morgan fingerprint density at radius 2 is 1.70 bits per heavy atom. The van der Waals surface area contributed by atoms with Crippen LogP contribution in [0.3, 0.4) is 0 Å². The van der Waals surface area contributed by atoms with Crippen molar-refractivity contribution >= 4 is 17.4 Å². The lowest BCUT2D eigenvalue weighted by atomic mass is 9.95. The van der Waals surface area contributed by atoms with Gasteiger partial charge in [0.05, 0.1) is 30.4 Å². The number of phenols is 1. The molecule has 2 N–H and O–H groups in total. The van der Waals surface area contributed by atoms with Crippen molar-refractivity contribution in [2.24, 2.45) is 0 Å². The number of benzene rings is 2. The van der Waals surface area contributed by atoms with Gasteiger partial charge in [-0.3, -0.25) is 9.59 Å². The van der Waals surface area contributed by atoms with Crippen LogP contribution in [0.15, 0.2) is 48.0 Å². The number of likely N-dealkylation sites (tertiary alicyclic amines) is 1. The lowest BCUT2D eigenvalue weighted by Crippen LogP contribution is -2.35. The highest BCUT2D eigenvalue weighted by Crippen LogP contribution is 2.41. The first-order valence-corrected chi connectivity index (χ1v) is 10.9. The highest BCUT2D eigenvalue weighted by Gasteiger charge is 2.46. The molecule has 1 saturated heterocycles. The molecule has 1 unspecified atom stereocenters. The number of aliphatic hydroxyl groups excluding tert-OH is 1. The second-order valence-corrected chi connectivity index (χ2v) is 7.91. The van der Waals surface area contributed by atoms with Gasteiger partial charge < -0.3 is 29.5 Å². The number of rotatable bonds is 9. The van der Waals surface area contributed by atoms with E-state index < -0.39 is 17.7 Å². The van der Waals surface area contributed by atoms with Crippen molar-refractivity contribution < 1.29 is 29.3 Å². The maximum atomic E-state index is 13.1. The summed E-state index contributed by atoms with van der Waals surface area (Å²) in [4.78, 5) is 29.5. The number of carbonyl (C=O) groups excluding carboxylic acids is 2. The molecule has 0 bridgehead atoms.